The number of aryl methyl sites for hydroxylation is 1. The van der Waals surface area contributed by atoms with E-state index in [1.54, 1.807) is 12.5 Å². The number of anilines is 1. The average Bonchev–Trinajstić information content (AvgIpc) is 3.00. The van der Waals surface area contributed by atoms with E-state index in [0.29, 0.717) is 17.3 Å². The molecular formula is C17H21N3. The van der Waals surface area contributed by atoms with Gasteiger partial charge in [-0.2, -0.15) is 0 Å². The lowest BCUT2D eigenvalue weighted by molar-refractivity contribution is 0.565. The summed E-state index contributed by atoms with van der Waals surface area (Å²) >= 11 is 0. The first-order valence-electron chi connectivity index (χ1n) is 7.15. The van der Waals surface area contributed by atoms with E-state index in [4.69, 9.17) is 0 Å². The Labute approximate surface area is 120 Å². The molecule has 3 rings (SSSR count). The quantitative estimate of drug-likeness (QED) is 0.919. The van der Waals surface area contributed by atoms with Crippen molar-refractivity contribution in [3.63, 3.8) is 0 Å². The molecule has 0 radical (unpaired) electrons. The summed E-state index contributed by atoms with van der Waals surface area (Å²) in [5, 5.41) is 3.42. The Morgan fingerprint density at radius 1 is 1.15 bits per heavy atom. The normalized spacial score (nSPS) is 23.4. The molecule has 1 N–H and O–H groups in total. The van der Waals surface area contributed by atoms with Gasteiger partial charge in [-0.3, -0.25) is 0 Å². The first kappa shape index (κ1) is 13.1. The monoisotopic (exact) mass is 267 g/mol. The summed E-state index contributed by atoms with van der Waals surface area (Å²) < 4.78 is 0. The summed E-state index contributed by atoms with van der Waals surface area (Å²) in [5.41, 5.74) is 3.13. The number of benzene rings is 1. The van der Waals surface area contributed by atoms with Crippen LogP contribution in [0.2, 0.25) is 0 Å². The largest absolute Gasteiger partial charge is 0.370 e. The Morgan fingerprint density at radius 2 is 1.90 bits per heavy atom. The fraction of sp³-hybridized carbons (Fsp3) is 0.412. The zero-order chi connectivity index (χ0) is 14.2. The third-order valence-corrected chi connectivity index (χ3v) is 4.57. The van der Waals surface area contributed by atoms with Crippen LogP contribution in [-0.4, -0.2) is 16.5 Å². The van der Waals surface area contributed by atoms with E-state index in [-0.39, 0.29) is 0 Å². The molecule has 0 saturated heterocycles. The maximum Gasteiger partial charge on any atom is 0.129 e. The molecule has 0 bridgehead atoms. The lowest BCUT2D eigenvalue weighted by Gasteiger charge is -2.05. The van der Waals surface area contributed by atoms with Crippen LogP contribution in [0.1, 0.15) is 30.9 Å². The van der Waals surface area contributed by atoms with E-state index in [1.807, 2.05) is 6.07 Å². The van der Waals surface area contributed by atoms with Crippen molar-refractivity contribution >= 4 is 5.82 Å². The molecule has 1 fully saturated rings. The molecule has 2 unspecified atom stereocenters. The van der Waals surface area contributed by atoms with Gasteiger partial charge in [-0.05, 0) is 35.8 Å². The van der Waals surface area contributed by atoms with E-state index in [0.717, 1.165) is 12.4 Å². The van der Waals surface area contributed by atoms with Crippen LogP contribution < -0.4 is 5.32 Å². The highest BCUT2D eigenvalue weighted by atomic mass is 15.0. The standard InChI is InChI=1S/C17H21N3/c1-12-4-6-13(7-5-12)16-14(17(16,2)3)10-19-15-8-9-18-11-20-15/h4-9,11,14,16H,10H2,1-3H3,(H,18,19,20). The highest BCUT2D eigenvalue weighted by Crippen LogP contribution is 2.64. The number of hydrogen-bond donors (Lipinski definition) is 1. The third kappa shape index (κ3) is 2.40. The van der Waals surface area contributed by atoms with Crippen molar-refractivity contribution in [2.75, 3.05) is 11.9 Å². The Bertz CT molecular complexity index is 575. The molecule has 0 amide bonds. The zero-order valence-electron chi connectivity index (χ0n) is 12.3. The van der Waals surface area contributed by atoms with Crippen LogP contribution in [0.4, 0.5) is 5.82 Å². The van der Waals surface area contributed by atoms with Gasteiger partial charge in [0.05, 0.1) is 0 Å². The Hall–Kier alpha value is -1.90. The SMILES string of the molecule is Cc1ccc(C2C(CNc3ccncn3)C2(C)C)cc1. The molecule has 0 aliphatic heterocycles. The number of hydrogen-bond acceptors (Lipinski definition) is 3. The minimum Gasteiger partial charge on any atom is -0.370 e. The molecule has 2 atom stereocenters. The molecule has 1 aliphatic rings. The molecule has 1 aliphatic carbocycles. The fourth-order valence-corrected chi connectivity index (χ4v) is 3.17. The van der Waals surface area contributed by atoms with E-state index in [9.17, 15) is 0 Å². The molecule has 3 nitrogen and oxygen atoms in total. The van der Waals surface area contributed by atoms with Gasteiger partial charge in [0.2, 0.25) is 0 Å². The van der Waals surface area contributed by atoms with Gasteiger partial charge in [-0.1, -0.05) is 43.7 Å². The molecule has 2 aromatic rings. The summed E-state index contributed by atoms with van der Waals surface area (Å²) in [7, 11) is 0. The average molecular weight is 267 g/mol. The zero-order valence-corrected chi connectivity index (χ0v) is 12.3. The van der Waals surface area contributed by atoms with Gasteiger partial charge in [0.25, 0.3) is 0 Å². The number of aromatic nitrogens is 2. The summed E-state index contributed by atoms with van der Waals surface area (Å²) in [6.07, 6.45) is 3.35. The van der Waals surface area contributed by atoms with E-state index in [2.05, 4.69) is 60.3 Å². The molecule has 0 spiro atoms. The van der Waals surface area contributed by atoms with Crippen LogP contribution in [0.25, 0.3) is 0 Å². The van der Waals surface area contributed by atoms with Crippen molar-refractivity contribution in [2.45, 2.75) is 26.7 Å². The van der Waals surface area contributed by atoms with E-state index < -0.39 is 0 Å². The van der Waals surface area contributed by atoms with Crippen LogP contribution in [-0.2, 0) is 0 Å². The second-order valence-corrected chi connectivity index (χ2v) is 6.29. The predicted octanol–water partition coefficient (Wildman–Crippen LogP) is 3.64. The summed E-state index contributed by atoms with van der Waals surface area (Å²) in [6.45, 7) is 7.80. The molecule has 20 heavy (non-hydrogen) atoms. The lowest BCUT2D eigenvalue weighted by atomic mass is 10.0. The number of rotatable bonds is 4. The van der Waals surface area contributed by atoms with Gasteiger partial charge in [-0.25, -0.2) is 9.97 Å². The second kappa shape index (κ2) is 4.89. The smallest absolute Gasteiger partial charge is 0.129 e. The molecule has 104 valence electrons. The van der Waals surface area contributed by atoms with Gasteiger partial charge >= 0.3 is 0 Å². The van der Waals surface area contributed by atoms with Crippen molar-refractivity contribution < 1.29 is 0 Å². The lowest BCUT2D eigenvalue weighted by Crippen LogP contribution is -2.08. The van der Waals surface area contributed by atoms with Crippen molar-refractivity contribution in [1.82, 2.24) is 9.97 Å². The third-order valence-electron chi connectivity index (χ3n) is 4.57. The fourth-order valence-electron chi connectivity index (χ4n) is 3.17. The minimum atomic E-state index is 0.356. The first-order chi connectivity index (χ1) is 9.59. The summed E-state index contributed by atoms with van der Waals surface area (Å²) in [5.74, 6) is 2.20. The molecule has 1 aromatic carbocycles. The molecular weight excluding hydrogens is 246 g/mol. The predicted molar refractivity (Wildman–Crippen MR) is 81.7 cm³/mol. The van der Waals surface area contributed by atoms with Crippen LogP contribution in [0, 0.1) is 18.3 Å². The van der Waals surface area contributed by atoms with Crippen LogP contribution in [0.5, 0.6) is 0 Å². The summed E-state index contributed by atoms with van der Waals surface area (Å²) in [6, 6.07) is 10.9. The summed E-state index contributed by atoms with van der Waals surface area (Å²) in [4.78, 5) is 8.15. The van der Waals surface area contributed by atoms with E-state index >= 15 is 0 Å². The van der Waals surface area contributed by atoms with Crippen LogP contribution in [0.3, 0.4) is 0 Å². The maximum atomic E-state index is 4.21. The van der Waals surface area contributed by atoms with Crippen LogP contribution >= 0.6 is 0 Å². The second-order valence-electron chi connectivity index (χ2n) is 6.29. The van der Waals surface area contributed by atoms with Gasteiger partial charge < -0.3 is 5.32 Å². The van der Waals surface area contributed by atoms with Crippen LogP contribution in [0.15, 0.2) is 42.9 Å². The van der Waals surface area contributed by atoms with Crippen molar-refractivity contribution in [3.05, 3.63) is 54.0 Å². The van der Waals surface area contributed by atoms with Crippen molar-refractivity contribution in [1.29, 1.82) is 0 Å². The topological polar surface area (TPSA) is 37.8 Å². The highest BCUT2D eigenvalue weighted by molar-refractivity contribution is 5.37. The molecule has 3 heteroatoms. The number of nitrogens with zero attached hydrogens (tertiary/aromatic N) is 2. The Morgan fingerprint density at radius 3 is 2.55 bits per heavy atom. The van der Waals surface area contributed by atoms with Crippen molar-refractivity contribution in [3.8, 4) is 0 Å². The Balaban J connectivity index is 1.67. The number of nitrogens with one attached hydrogen (secondary N) is 1. The Kier molecular flexibility index (Phi) is 3.20. The molecule has 1 heterocycles. The minimum absolute atomic E-state index is 0.356. The molecule has 1 aromatic heterocycles. The first-order valence-corrected chi connectivity index (χ1v) is 7.15. The highest BCUT2D eigenvalue weighted by Gasteiger charge is 2.57. The van der Waals surface area contributed by atoms with Gasteiger partial charge in [-0.15, -0.1) is 0 Å². The van der Waals surface area contributed by atoms with E-state index in [1.165, 1.54) is 11.1 Å². The van der Waals surface area contributed by atoms with Gasteiger partial charge in [0, 0.05) is 12.7 Å². The molecule has 1 saturated carbocycles. The van der Waals surface area contributed by atoms with Gasteiger partial charge in [0.1, 0.15) is 12.1 Å². The maximum absolute atomic E-state index is 4.21. The van der Waals surface area contributed by atoms with Gasteiger partial charge in [0.15, 0.2) is 0 Å². The van der Waals surface area contributed by atoms with Crippen molar-refractivity contribution in [2.24, 2.45) is 11.3 Å².